The Labute approximate surface area is 119 Å². The van der Waals surface area contributed by atoms with Gasteiger partial charge in [-0.25, -0.2) is 4.98 Å². The third-order valence-electron chi connectivity index (χ3n) is 3.59. The first-order valence-corrected chi connectivity index (χ1v) is 7.83. The lowest BCUT2D eigenvalue weighted by Gasteiger charge is -2.20. The molecule has 0 bridgehead atoms. The van der Waals surface area contributed by atoms with Gasteiger partial charge in [0.15, 0.2) is 0 Å². The predicted octanol–water partition coefficient (Wildman–Crippen LogP) is 0.984. The molecule has 8 heteroatoms. The molecule has 0 aromatic carbocycles. The summed E-state index contributed by atoms with van der Waals surface area (Å²) in [6.45, 7) is 1.49. The number of fused-ring (bicyclic) bond motifs is 1. The van der Waals surface area contributed by atoms with Crippen LogP contribution in [0.2, 0.25) is 0 Å². The van der Waals surface area contributed by atoms with Crippen LogP contribution in [-0.4, -0.2) is 38.2 Å². The van der Waals surface area contributed by atoms with Gasteiger partial charge in [0.05, 0.1) is 30.4 Å². The van der Waals surface area contributed by atoms with Crippen molar-refractivity contribution >= 4 is 11.8 Å². The Morgan fingerprint density at radius 3 is 3.30 bits per heavy atom. The molecule has 2 atom stereocenters. The van der Waals surface area contributed by atoms with Crippen LogP contribution < -0.4 is 5.32 Å². The van der Waals surface area contributed by atoms with Gasteiger partial charge in [0.1, 0.15) is 6.10 Å². The molecule has 0 saturated carbocycles. The number of H-pyrrole nitrogens is 1. The highest BCUT2D eigenvalue weighted by atomic mass is 32.2. The van der Waals surface area contributed by atoms with Gasteiger partial charge in [-0.1, -0.05) is 5.16 Å². The van der Waals surface area contributed by atoms with Gasteiger partial charge in [0.2, 0.25) is 11.7 Å². The maximum atomic E-state index is 5.66. The standard InChI is InChI=1S/C12H15N5O2S/c1-2-20-5-10(18-1)11-16-12(19-17-11)8-3-7-9(4-13-8)15-6-14-7/h6,8,10,13H,1-5H2,(H,14,15). The smallest absolute Gasteiger partial charge is 0.244 e. The van der Waals surface area contributed by atoms with E-state index in [1.54, 1.807) is 6.33 Å². The van der Waals surface area contributed by atoms with E-state index in [1.807, 2.05) is 11.8 Å². The Kier molecular flexibility index (Phi) is 3.21. The van der Waals surface area contributed by atoms with Crippen LogP contribution in [0.5, 0.6) is 0 Å². The lowest BCUT2D eigenvalue weighted by Crippen LogP contribution is -2.29. The van der Waals surface area contributed by atoms with Gasteiger partial charge in [-0.15, -0.1) is 0 Å². The van der Waals surface area contributed by atoms with Crippen molar-refractivity contribution in [1.82, 2.24) is 25.4 Å². The zero-order chi connectivity index (χ0) is 13.4. The van der Waals surface area contributed by atoms with Crippen molar-refractivity contribution in [3.63, 3.8) is 0 Å². The quantitative estimate of drug-likeness (QED) is 0.853. The van der Waals surface area contributed by atoms with Crippen molar-refractivity contribution in [1.29, 1.82) is 0 Å². The van der Waals surface area contributed by atoms with Crippen LogP contribution in [0.3, 0.4) is 0 Å². The number of hydrogen-bond acceptors (Lipinski definition) is 7. The Bertz CT molecular complexity index is 592. The third kappa shape index (κ3) is 2.23. The minimum absolute atomic E-state index is 0.0308. The summed E-state index contributed by atoms with van der Waals surface area (Å²) < 4.78 is 11.1. The monoisotopic (exact) mass is 293 g/mol. The second-order valence-electron chi connectivity index (χ2n) is 4.89. The number of hydrogen-bond donors (Lipinski definition) is 2. The highest BCUT2D eigenvalue weighted by molar-refractivity contribution is 7.99. The van der Waals surface area contributed by atoms with Gasteiger partial charge in [-0.2, -0.15) is 16.7 Å². The van der Waals surface area contributed by atoms with Crippen LogP contribution in [-0.2, 0) is 17.7 Å². The predicted molar refractivity (Wildman–Crippen MR) is 72.2 cm³/mol. The molecule has 2 aliphatic heterocycles. The number of ether oxygens (including phenoxy) is 1. The van der Waals surface area contributed by atoms with Crippen molar-refractivity contribution < 1.29 is 9.26 Å². The summed E-state index contributed by atoms with van der Waals surface area (Å²) in [4.78, 5) is 11.9. The second-order valence-corrected chi connectivity index (χ2v) is 6.04. The van der Waals surface area contributed by atoms with Crippen LogP contribution in [0.15, 0.2) is 10.9 Å². The highest BCUT2D eigenvalue weighted by Gasteiger charge is 2.28. The highest BCUT2D eigenvalue weighted by Crippen LogP contribution is 2.27. The summed E-state index contributed by atoms with van der Waals surface area (Å²) in [7, 11) is 0. The molecule has 1 saturated heterocycles. The first-order chi connectivity index (χ1) is 9.90. The van der Waals surface area contributed by atoms with E-state index < -0.39 is 0 Å². The number of nitrogens with zero attached hydrogens (tertiary/aromatic N) is 3. The Hall–Kier alpha value is -1.38. The fourth-order valence-corrected chi connectivity index (χ4v) is 3.34. The molecule has 2 aliphatic rings. The van der Waals surface area contributed by atoms with E-state index in [2.05, 4.69) is 25.4 Å². The first kappa shape index (κ1) is 12.4. The van der Waals surface area contributed by atoms with Crippen LogP contribution in [0.1, 0.15) is 35.2 Å². The number of aromatic nitrogens is 4. The van der Waals surface area contributed by atoms with Crippen LogP contribution in [0.25, 0.3) is 0 Å². The third-order valence-corrected chi connectivity index (χ3v) is 4.58. The maximum absolute atomic E-state index is 5.66. The van der Waals surface area contributed by atoms with Crippen molar-refractivity contribution in [2.24, 2.45) is 0 Å². The van der Waals surface area contributed by atoms with Crippen molar-refractivity contribution in [3.8, 4) is 0 Å². The zero-order valence-corrected chi connectivity index (χ0v) is 11.7. The lowest BCUT2D eigenvalue weighted by molar-refractivity contribution is 0.0677. The number of nitrogens with one attached hydrogen (secondary N) is 2. The minimum Gasteiger partial charge on any atom is -0.368 e. The van der Waals surface area contributed by atoms with Gasteiger partial charge < -0.3 is 14.2 Å². The normalized spacial score (nSPS) is 26.4. The molecule has 4 rings (SSSR count). The molecule has 4 heterocycles. The van der Waals surface area contributed by atoms with E-state index >= 15 is 0 Å². The van der Waals surface area contributed by atoms with Crippen LogP contribution in [0.4, 0.5) is 0 Å². The van der Waals surface area contributed by atoms with Crippen LogP contribution in [0, 0.1) is 0 Å². The average molecular weight is 293 g/mol. The molecule has 0 spiro atoms. The molecule has 106 valence electrons. The number of thioether (sulfide) groups is 1. The van der Waals surface area contributed by atoms with Crippen LogP contribution >= 0.6 is 11.8 Å². The Balaban J connectivity index is 1.51. The second kappa shape index (κ2) is 5.19. The van der Waals surface area contributed by atoms with E-state index in [0.717, 1.165) is 42.5 Å². The Morgan fingerprint density at radius 2 is 2.40 bits per heavy atom. The zero-order valence-electron chi connectivity index (χ0n) is 10.8. The first-order valence-electron chi connectivity index (χ1n) is 6.67. The molecule has 1 fully saturated rings. The molecule has 2 unspecified atom stereocenters. The molecule has 0 aliphatic carbocycles. The van der Waals surface area contributed by atoms with Crippen molar-refractivity contribution in [2.45, 2.75) is 25.1 Å². The maximum Gasteiger partial charge on any atom is 0.244 e. The summed E-state index contributed by atoms with van der Waals surface area (Å²) in [5, 5.41) is 7.45. The largest absolute Gasteiger partial charge is 0.368 e. The number of imidazole rings is 1. The molecule has 20 heavy (non-hydrogen) atoms. The van der Waals surface area contributed by atoms with Gasteiger partial charge in [-0.3, -0.25) is 5.32 Å². The van der Waals surface area contributed by atoms with Gasteiger partial charge >= 0.3 is 0 Å². The summed E-state index contributed by atoms with van der Waals surface area (Å²) in [5.41, 5.74) is 2.20. The number of rotatable bonds is 2. The van der Waals surface area contributed by atoms with E-state index in [0.29, 0.717) is 11.7 Å². The molecule has 7 nitrogen and oxygen atoms in total. The minimum atomic E-state index is -0.0456. The fraction of sp³-hybridized carbons (Fsp3) is 0.583. The van der Waals surface area contributed by atoms with Crippen molar-refractivity contribution in [2.75, 3.05) is 18.1 Å². The van der Waals surface area contributed by atoms with E-state index in [9.17, 15) is 0 Å². The van der Waals surface area contributed by atoms with E-state index in [1.165, 1.54) is 0 Å². The summed E-state index contributed by atoms with van der Waals surface area (Å²) in [5.74, 6) is 3.20. The molecule has 0 radical (unpaired) electrons. The summed E-state index contributed by atoms with van der Waals surface area (Å²) in [6, 6.07) is 0.0308. The van der Waals surface area contributed by atoms with Gasteiger partial charge in [0.25, 0.3) is 0 Å². The Morgan fingerprint density at radius 1 is 1.40 bits per heavy atom. The topological polar surface area (TPSA) is 88.9 Å². The molecular formula is C12H15N5O2S. The van der Waals surface area contributed by atoms with Gasteiger partial charge in [0, 0.05) is 24.5 Å². The fourth-order valence-electron chi connectivity index (χ4n) is 2.50. The molecule has 0 amide bonds. The molecule has 2 N–H and O–H groups in total. The SMILES string of the molecule is c1nc2c([nH]1)CNC(c1nc(C3CSCCO3)no1)C2. The number of aromatic amines is 1. The molecular weight excluding hydrogens is 278 g/mol. The van der Waals surface area contributed by atoms with E-state index in [-0.39, 0.29) is 12.1 Å². The lowest BCUT2D eigenvalue weighted by atomic mass is 10.1. The summed E-state index contributed by atoms with van der Waals surface area (Å²) >= 11 is 1.86. The van der Waals surface area contributed by atoms with E-state index in [4.69, 9.17) is 9.26 Å². The average Bonchev–Trinajstić information content (AvgIpc) is 3.16. The summed E-state index contributed by atoms with van der Waals surface area (Å²) in [6.07, 6.45) is 2.44. The van der Waals surface area contributed by atoms with Gasteiger partial charge in [-0.05, 0) is 0 Å². The molecule has 2 aromatic heterocycles. The molecule has 2 aromatic rings. The van der Waals surface area contributed by atoms with Crippen molar-refractivity contribution in [3.05, 3.63) is 29.4 Å².